The maximum absolute atomic E-state index is 5.66. The van der Waals surface area contributed by atoms with Crippen molar-refractivity contribution in [1.29, 1.82) is 0 Å². The summed E-state index contributed by atoms with van der Waals surface area (Å²) in [5, 5.41) is 3.46. The summed E-state index contributed by atoms with van der Waals surface area (Å²) in [6, 6.07) is 4.36. The monoisotopic (exact) mass is 250 g/mol. The number of aromatic nitrogens is 1. The number of aryl methyl sites for hydroxylation is 1. The molecule has 1 aliphatic heterocycles. The van der Waals surface area contributed by atoms with E-state index in [1.807, 2.05) is 0 Å². The molecule has 1 aromatic heterocycles. The molecule has 0 aromatic carbocycles. The summed E-state index contributed by atoms with van der Waals surface area (Å²) in [4.78, 5) is 0. The average molecular weight is 250 g/mol. The van der Waals surface area contributed by atoms with Gasteiger partial charge in [-0.3, -0.25) is 0 Å². The van der Waals surface area contributed by atoms with Gasteiger partial charge in [-0.1, -0.05) is 6.92 Å². The van der Waals surface area contributed by atoms with Crippen LogP contribution in [0.1, 0.15) is 44.7 Å². The van der Waals surface area contributed by atoms with E-state index < -0.39 is 0 Å². The SMILES string of the molecule is CCCNCc1cccn1CCCC1CCCO1. The molecule has 1 aromatic rings. The summed E-state index contributed by atoms with van der Waals surface area (Å²) >= 11 is 0. The van der Waals surface area contributed by atoms with Gasteiger partial charge >= 0.3 is 0 Å². The van der Waals surface area contributed by atoms with E-state index in [1.165, 1.54) is 37.8 Å². The second-order valence-corrected chi connectivity index (χ2v) is 5.15. The minimum Gasteiger partial charge on any atom is -0.378 e. The molecule has 2 heterocycles. The van der Waals surface area contributed by atoms with Gasteiger partial charge in [0, 0.05) is 31.6 Å². The normalized spacial score (nSPS) is 19.5. The molecule has 0 bridgehead atoms. The summed E-state index contributed by atoms with van der Waals surface area (Å²) in [5.41, 5.74) is 1.40. The topological polar surface area (TPSA) is 26.2 Å². The van der Waals surface area contributed by atoms with Crippen LogP contribution in [0.5, 0.6) is 0 Å². The van der Waals surface area contributed by atoms with E-state index in [4.69, 9.17) is 4.74 Å². The van der Waals surface area contributed by atoms with Gasteiger partial charge in [0.15, 0.2) is 0 Å². The molecular weight excluding hydrogens is 224 g/mol. The third-order valence-corrected chi connectivity index (χ3v) is 3.61. The van der Waals surface area contributed by atoms with E-state index in [9.17, 15) is 0 Å². The van der Waals surface area contributed by atoms with Gasteiger partial charge in [0.2, 0.25) is 0 Å². The fourth-order valence-electron chi connectivity index (χ4n) is 2.58. The van der Waals surface area contributed by atoms with Gasteiger partial charge in [-0.05, 0) is 50.8 Å². The van der Waals surface area contributed by atoms with Crippen molar-refractivity contribution in [2.45, 2.75) is 58.2 Å². The number of nitrogens with one attached hydrogen (secondary N) is 1. The summed E-state index contributed by atoms with van der Waals surface area (Å²) in [7, 11) is 0. The molecule has 0 aliphatic carbocycles. The van der Waals surface area contributed by atoms with Crippen molar-refractivity contribution in [2.75, 3.05) is 13.2 Å². The van der Waals surface area contributed by atoms with E-state index in [1.54, 1.807) is 0 Å². The summed E-state index contributed by atoms with van der Waals surface area (Å²) in [6.07, 6.45) is 8.86. The Hall–Kier alpha value is -0.800. The first-order valence-electron chi connectivity index (χ1n) is 7.36. The zero-order valence-electron chi connectivity index (χ0n) is 11.5. The van der Waals surface area contributed by atoms with Gasteiger partial charge in [0.05, 0.1) is 6.10 Å². The van der Waals surface area contributed by atoms with E-state index >= 15 is 0 Å². The minimum atomic E-state index is 0.530. The lowest BCUT2D eigenvalue weighted by Gasteiger charge is -2.12. The maximum atomic E-state index is 5.66. The molecule has 3 nitrogen and oxygen atoms in total. The molecule has 1 unspecified atom stereocenters. The van der Waals surface area contributed by atoms with Crippen LogP contribution in [0.4, 0.5) is 0 Å². The van der Waals surface area contributed by atoms with Crippen LogP contribution in [0.15, 0.2) is 18.3 Å². The van der Waals surface area contributed by atoms with Crippen molar-refractivity contribution in [1.82, 2.24) is 9.88 Å². The van der Waals surface area contributed by atoms with Crippen LogP contribution in [0.2, 0.25) is 0 Å². The molecule has 1 N–H and O–H groups in total. The van der Waals surface area contributed by atoms with Crippen LogP contribution in [-0.4, -0.2) is 23.8 Å². The Morgan fingerprint density at radius 3 is 3.22 bits per heavy atom. The van der Waals surface area contributed by atoms with Gasteiger partial charge in [0.1, 0.15) is 0 Å². The fourth-order valence-corrected chi connectivity index (χ4v) is 2.58. The Morgan fingerprint density at radius 2 is 2.44 bits per heavy atom. The number of hydrogen-bond acceptors (Lipinski definition) is 2. The molecule has 1 atom stereocenters. The second kappa shape index (κ2) is 7.59. The summed E-state index contributed by atoms with van der Waals surface area (Å²) < 4.78 is 8.03. The molecule has 18 heavy (non-hydrogen) atoms. The zero-order valence-corrected chi connectivity index (χ0v) is 11.5. The number of rotatable bonds is 8. The van der Waals surface area contributed by atoms with Gasteiger partial charge in [-0.25, -0.2) is 0 Å². The highest BCUT2D eigenvalue weighted by atomic mass is 16.5. The average Bonchev–Trinajstić information content (AvgIpc) is 3.02. The zero-order chi connectivity index (χ0) is 12.6. The van der Waals surface area contributed by atoms with Crippen molar-refractivity contribution in [3.8, 4) is 0 Å². The first-order chi connectivity index (χ1) is 8.90. The van der Waals surface area contributed by atoms with Crippen molar-refractivity contribution in [3.63, 3.8) is 0 Å². The molecular formula is C15H26N2O. The van der Waals surface area contributed by atoms with E-state index in [0.717, 1.165) is 26.2 Å². The van der Waals surface area contributed by atoms with Crippen LogP contribution in [0.3, 0.4) is 0 Å². The standard InChI is InChI=1S/C15H26N2O/c1-2-9-16-13-14-6-3-10-17(14)11-4-7-15-8-5-12-18-15/h3,6,10,15-16H,2,4-5,7-9,11-13H2,1H3. The van der Waals surface area contributed by atoms with Crippen LogP contribution < -0.4 is 5.32 Å². The van der Waals surface area contributed by atoms with Crippen molar-refractivity contribution < 1.29 is 4.74 Å². The lowest BCUT2D eigenvalue weighted by atomic mass is 10.1. The van der Waals surface area contributed by atoms with Crippen molar-refractivity contribution in [2.24, 2.45) is 0 Å². The van der Waals surface area contributed by atoms with Crippen molar-refractivity contribution in [3.05, 3.63) is 24.0 Å². The molecule has 0 amide bonds. The maximum Gasteiger partial charge on any atom is 0.0576 e. The van der Waals surface area contributed by atoms with Gasteiger partial charge in [-0.2, -0.15) is 0 Å². The van der Waals surface area contributed by atoms with Gasteiger partial charge in [-0.15, -0.1) is 0 Å². The summed E-state index contributed by atoms with van der Waals surface area (Å²) in [5.74, 6) is 0. The smallest absolute Gasteiger partial charge is 0.0576 e. The first-order valence-corrected chi connectivity index (χ1v) is 7.36. The van der Waals surface area contributed by atoms with Crippen molar-refractivity contribution >= 4 is 0 Å². The Labute approximate surface area is 111 Å². The van der Waals surface area contributed by atoms with E-state index in [-0.39, 0.29) is 0 Å². The third kappa shape index (κ3) is 4.14. The molecule has 3 heteroatoms. The second-order valence-electron chi connectivity index (χ2n) is 5.15. The highest BCUT2D eigenvalue weighted by Crippen LogP contribution is 2.17. The largest absolute Gasteiger partial charge is 0.378 e. The highest BCUT2D eigenvalue weighted by molar-refractivity contribution is 5.06. The molecule has 0 spiro atoms. The number of ether oxygens (including phenoxy) is 1. The molecule has 0 radical (unpaired) electrons. The Morgan fingerprint density at radius 1 is 1.50 bits per heavy atom. The predicted molar refractivity (Wildman–Crippen MR) is 74.6 cm³/mol. The number of hydrogen-bond donors (Lipinski definition) is 1. The highest BCUT2D eigenvalue weighted by Gasteiger charge is 2.14. The van der Waals surface area contributed by atoms with E-state index in [0.29, 0.717) is 6.10 Å². The molecule has 1 fully saturated rings. The molecule has 2 rings (SSSR count). The molecule has 1 aliphatic rings. The van der Waals surface area contributed by atoms with Gasteiger partial charge < -0.3 is 14.6 Å². The molecule has 0 saturated carbocycles. The molecule has 1 saturated heterocycles. The predicted octanol–water partition coefficient (Wildman–Crippen LogP) is 2.95. The van der Waals surface area contributed by atoms with Gasteiger partial charge in [0.25, 0.3) is 0 Å². The quantitative estimate of drug-likeness (QED) is 0.718. The van der Waals surface area contributed by atoms with Crippen LogP contribution in [0.25, 0.3) is 0 Å². The Kier molecular flexibility index (Phi) is 5.75. The van der Waals surface area contributed by atoms with E-state index in [2.05, 4.69) is 35.1 Å². The fraction of sp³-hybridized carbons (Fsp3) is 0.733. The lowest BCUT2D eigenvalue weighted by Crippen LogP contribution is -2.17. The third-order valence-electron chi connectivity index (χ3n) is 3.61. The molecule has 102 valence electrons. The summed E-state index contributed by atoms with van der Waals surface area (Å²) in [6.45, 7) is 6.38. The van der Waals surface area contributed by atoms with Crippen LogP contribution in [0, 0.1) is 0 Å². The first kappa shape index (κ1) is 13.6. The Balaban J connectivity index is 1.69. The minimum absolute atomic E-state index is 0.530. The lowest BCUT2D eigenvalue weighted by molar-refractivity contribution is 0.101. The van der Waals surface area contributed by atoms with Crippen LogP contribution >= 0.6 is 0 Å². The Bertz CT molecular complexity index is 329. The number of nitrogens with zero attached hydrogens (tertiary/aromatic N) is 1. The van der Waals surface area contributed by atoms with Crippen LogP contribution in [-0.2, 0) is 17.8 Å².